The van der Waals surface area contributed by atoms with Crippen LogP contribution in [0.2, 0.25) is 0 Å². The van der Waals surface area contributed by atoms with Crippen molar-refractivity contribution in [3.63, 3.8) is 0 Å². The summed E-state index contributed by atoms with van der Waals surface area (Å²) in [6.07, 6.45) is 3.22. The Morgan fingerprint density at radius 1 is 1.37 bits per heavy atom. The first-order chi connectivity index (χ1) is 8.84. The van der Waals surface area contributed by atoms with E-state index >= 15 is 0 Å². The molecule has 0 amide bonds. The molecule has 0 saturated heterocycles. The Kier molecular flexibility index (Phi) is 3.32. The molecule has 0 aliphatic heterocycles. The van der Waals surface area contributed by atoms with Crippen LogP contribution in [0.3, 0.4) is 0 Å². The summed E-state index contributed by atoms with van der Waals surface area (Å²) in [5.74, 6) is 0. The highest BCUT2D eigenvalue weighted by atomic mass is 32.2. The van der Waals surface area contributed by atoms with Crippen molar-refractivity contribution in [1.82, 2.24) is 28.3 Å². The molecule has 2 rings (SSSR count). The van der Waals surface area contributed by atoms with Gasteiger partial charge >= 0.3 is 16.8 Å². The summed E-state index contributed by atoms with van der Waals surface area (Å²) >= 11 is 0. The zero-order valence-corrected chi connectivity index (χ0v) is 10.8. The SMILES string of the molecule is CN(C)S(=O)(=O)n1cnc(-c2cnnn2C(F)F)c1. The van der Waals surface area contributed by atoms with E-state index in [2.05, 4.69) is 15.3 Å². The van der Waals surface area contributed by atoms with Crippen molar-refractivity contribution >= 4 is 10.2 Å². The number of rotatable bonds is 4. The largest absolute Gasteiger partial charge is 0.335 e. The van der Waals surface area contributed by atoms with Crippen LogP contribution in [-0.4, -0.2) is 50.8 Å². The average Bonchev–Trinajstić information content (AvgIpc) is 2.97. The van der Waals surface area contributed by atoms with Crippen molar-refractivity contribution in [2.75, 3.05) is 14.1 Å². The first-order valence-corrected chi connectivity index (χ1v) is 6.39. The molecule has 0 aliphatic carbocycles. The minimum absolute atomic E-state index is 0.0377. The minimum Gasteiger partial charge on any atom is -0.234 e. The molecule has 2 aromatic heterocycles. The third-order valence-corrected chi connectivity index (χ3v) is 3.97. The lowest BCUT2D eigenvalue weighted by Crippen LogP contribution is -2.27. The lowest BCUT2D eigenvalue weighted by molar-refractivity contribution is 0.0564. The van der Waals surface area contributed by atoms with Gasteiger partial charge in [-0.3, -0.25) is 0 Å². The van der Waals surface area contributed by atoms with Crippen LogP contribution in [0.1, 0.15) is 6.55 Å². The van der Waals surface area contributed by atoms with Crippen molar-refractivity contribution in [3.8, 4) is 11.4 Å². The summed E-state index contributed by atoms with van der Waals surface area (Å²) in [5.41, 5.74) is -0.0292. The highest BCUT2D eigenvalue weighted by Crippen LogP contribution is 2.21. The fourth-order valence-electron chi connectivity index (χ4n) is 1.32. The van der Waals surface area contributed by atoms with Gasteiger partial charge in [-0.05, 0) is 0 Å². The molecule has 0 bridgehead atoms. The molecule has 104 valence electrons. The molecule has 0 radical (unpaired) electrons. The van der Waals surface area contributed by atoms with Crippen LogP contribution >= 0.6 is 0 Å². The summed E-state index contributed by atoms with van der Waals surface area (Å²) in [7, 11) is -1.04. The number of hydrogen-bond donors (Lipinski definition) is 0. The molecule has 11 heteroatoms. The quantitative estimate of drug-likeness (QED) is 0.803. The van der Waals surface area contributed by atoms with Crippen LogP contribution in [0, 0.1) is 0 Å². The van der Waals surface area contributed by atoms with Crippen LogP contribution in [0.4, 0.5) is 8.78 Å². The first-order valence-electron chi connectivity index (χ1n) is 4.99. The predicted molar refractivity (Wildman–Crippen MR) is 60.5 cm³/mol. The van der Waals surface area contributed by atoms with E-state index in [1.54, 1.807) is 0 Å². The van der Waals surface area contributed by atoms with Crippen LogP contribution < -0.4 is 0 Å². The zero-order chi connectivity index (χ0) is 14.2. The van der Waals surface area contributed by atoms with Gasteiger partial charge in [-0.2, -0.15) is 26.2 Å². The second kappa shape index (κ2) is 4.66. The topological polar surface area (TPSA) is 85.9 Å². The van der Waals surface area contributed by atoms with Gasteiger partial charge in [-0.25, -0.2) is 8.96 Å². The Labute approximate surface area is 107 Å². The van der Waals surface area contributed by atoms with Gasteiger partial charge in [0.05, 0.1) is 12.4 Å². The van der Waals surface area contributed by atoms with Gasteiger partial charge in [0.1, 0.15) is 17.7 Å². The van der Waals surface area contributed by atoms with Crippen molar-refractivity contribution in [2.24, 2.45) is 0 Å². The fraction of sp³-hybridized carbons (Fsp3) is 0.375. The van der Waals surface area contributed by atoms with Crippen molar-refractivity contribution in [3.05, 3.63) is 18.7 Å². The zero-order valence-electron chi connectivity index (χ0n) is 9.97. The summed E-state index contributed by atoms with van der Waals surface area (Å²) < 4.78 is 51.0. The second-order valence-corrected chi connectivity index (χ2v) is 5.77. The van der Waals surface area contributed by atoms with Crippen molar-refractivity contribution in [2.45, 2.75) is 6.55 Å². The van der Waals surface area contributed by atoms with Crippen molar-refractivity contribution in [1.29, 1.82) is 0 Å². The number of hydrogen-bond acceptors (Lipinski definition) is 5. The number of imidazole rings is 1. The van der Waals surface area contributed by atoms with Crippen LogP contribution in [0.25, 0.3) is 11.4 Å². The molecule has 0 saturated carbocycles. The Morgan fingerprint density at radius 2 is 2.05 bits per heavy atom. The molecule has 8 nitrogen and oxygen atoms in total. The Bertz CT molecular complexity index is 677. The fourth-order valence-corrected chi connectivity index (χ4v) is 2.10. The number of alkyl halides is 2. The van der Waals surface area contributed by atoms with Crippen molar-refractivity contribution < 1.29 is 17.2 Å². The third-order valence-electron chi connectivity index (χ3n) is 2.31. The molecular weight excluding hydrogens is 282 g/mol. The Morgan fingerprint density at radius 3 is 2.63 bits per heavy atom. The van der Waals surface area contributed by atoms with Gasteiger partial charge in [-0.15, -0.1) is 5.10 Å². The summed E-state index contributed by atoms with van der Waals surface area (Å²) in [6, 6.07) is 0. The van der Waals surface area contributed by atoms with Gasteiger partial charge in [0.15, 0.2) is 0 Å². The number of halogens is 2. The molecule has 0 unspecified atom stereocenters. The van der Waals surface area contributed by atoms with Crippen LogP contribution in [0.15, 0.2) is 18.7 Å². The van der Waals surface area contributed by atoms with Gasteiger partial charge in [0, 0.05) is 14.1 Å². The third kappa shape index (κ3) is 2.33. The monoisotopic (exact) mass is 292 g/mol. The molecule has 0 atom stereocenters. The lowest BCUT2D eigenvalue weighted by atomic mass is 10.4. The molecular formula is C8H10F2N6O2S. The number of aromatic nitrogens is 5. The minimum atomic E-state index is -3.73. The predicted octanol–water partition coefficient (Wildman–Crippen LogP) is 0.191. The second-order valence-electron chi connectivity index (χ2n) is 3.72. The Hall–Kier alpha value is -1.88. The standard InChI is InChI=1S/C8H10F2N6O2S/c1-14(2)19(17,18)15-4-6(11-5-15)7-3-12-13-16(7)8(9)10/h3-5,8H,1-2H3. The van der Waals surface area contributed by atoms with Gasteiger partial charge in [0.25, 0.3) is 0 Å². The van der Waals surface area contributed by atoms with Gasteiger partial charge in [0.2, 0.25) is 0 Å². The molecule has 19 heavy (non-hydrogen) atoms. The molecule has 2 heterocycles. The van der Waals surface area contributed by atoms with Gasteiger partial charge < -0.3 is 0 Å². The van der Waals surface area contributed by atoms with E-state index in [1.165, 1.54) is 14.1 Å². The smallest absolute Gasteiger partial charge is 0.234 e. The summed E-state index contributed by atoms with van der Waals surface area (Å²) in [4.78, 5) is 3.77. The maximum absolute atomic E-state index is 12.6. The molecule has 0 aromatic carbocycles. The molecule has 0 spiro atoms. The van der Waals surface area contributed by atoms with Gasteiger partial charge in [-0.1, -0.05) is 5.21 Å². The van der Waals surface area contributed by atoms with E-state index in [0.29, 0.717) is 4.68 Å². The molecule has 0 fully saturated rings. The van der Waals surface area contributed by atoms with E-state index in [9.17, 15) is 17.2 Å². The normalized spacial score (nSPS) is 12.5. The highest BCUT2D eigenvalue weighted by molar-refractivity contribution is 7.87. The first kappa shape index (κ1) is 13.5. The lowest BCUT2D eigenvalue weighted by Gasteiger charge is -2.10. The van der Waals surface area contributed by atoms with E-state index in [1.807, 2.05) is 0 Å². The molecule has 2 aromatic rings. The maximum atomic E-state index is 12.6. The van der Waals surface area contributed by atoms with E-state index < -0.39 is 16.8 Å². The molecule has 0 N–H and O–H groups in total. The Balaban J connectivity index is 2.45. The van der Waals surface area contributed by atoms with Crippen LogP contribution in [-0.2, 0) is 10.2 Å². The van der Waals surface area contributed by atoms with E-state index in [4.69, 9.17) is 0 Å². The summed E-state index contributed by atoms with van der Waals surface area (Å²) in [6.45, 7) is -2.88. The average molecular weight is 292 g/mol. The van der Waals surface area contributed by atoms with E-state index in [-0.39, 0.29) is 11.4 Å². The molecule has 0 aliphatic rings. The number of nitrogens with zero attached hydrogens (tertiary/aromatic N) is 6. The van der Waals surface area contributed by atoms with E-state index in [0.717, 1.165) is 27.0 Å². The maximum Gasteiger partial charge on any atom is 0.335 e. The summed E-state index contributed by atoms with van der Waals surface area (Å²) in [5, 5.41) is 6.56. The highest BCUT2D eigenvalue weighted by Gasteiger charge is 2.20. The van der Waals surface area contributed by atoms with Crippen LogP contribution in [0.5, 0.6) is 0 Å².